The van der Waals surface area contributed by atoms with E-state index >= 15 is 0 Å². The van der Waals surface area contributed by atoms with E-state index in [4.69, 9.17) is 16.3 Å². The minimum Gasteiger partial charge on any atom is -0.372 e. The molecule has 1 saturated heterocycles. The highest BCUT2D eigenvalue weighted by Gasteiger charge is 2.34. The second-order valence-electron chi connectivity index (χ2n) is 3.49. The monoisotopic (exact) mass is 157 g/mol. The first-order chi connectivity index (χ1) is 5.25. The van der Waals surface area contributed by atoms with Gasteiger partial charge in [-0.2, -0.15) is 0 Å². The van der Waals surface area contributed by atoms with Crippen molar-refractivity contribution in [2.24, 2.45) is 11.6 Å². The molecule has 11 heavy (non-hydrogen) atoms. The fraction of sp³-hybridized carbons (Fsp3) is 1.00. The molecule has 4 heteroatoms. The van der Waals surface area contributed by atoms with Gasteiger partial charge in [0.05, 0.1) is 12.2 Å². The number of rotatable bonds is 2. The average Bonchev–Trinajstić information content (AvgIpc) is 2.64. The highest BCUT2D eigenvalue weighted by atomic mass is 16.5. The molecule has 0 aromatic rings. The molecule has 1 aliphatic heterocycles. The normalized spacial score (nSPS) is 39.8. The van der Waals surface area contributed by atoms with E-state index in [1.807, 2.05) is 0 Å². The SMILES string of the molecule is NC1CN(N)CC1OC1CC1. The van der Waals surface area contributed by atoms with Crippen LogP contribution in [0.5, 0.6) is 0 Å². The van der Waals surface area contributed by atoms with Crippen molar-refractivity contribution in [1.82, 2.24) is 5.01 Å². The molecule has 2 fully saturated rings. The number of hydrazine groups is 1. The molecule has 0 radical (unpaired) electrons. The van der Waals surface area contributed by atoms with E-state index in [-0.39, 0.29) is 12.1 Å². The molecular formula is C7H15N3O. The summed E-state index contributed by atoms with van der Waals surface area (Å²) in [4.78, 5) is 0. The highest BCUT2D eigenvalue weighted by molar-refractivity contribution is 4.88. The second kappa shape index (κ2) is 2.71. The maximum atomic E-state index is 5.80. The van der Waals surface area contributed by atoms with Crippen LogP contribution in [-0.2, 0) is 4.74 Å². The van der Waals surface area contributed by atoms with Crippen molar-refractivity contribution in [3.8, 4) is 0 Å². The number of hydrogen-bond donors (Lipinski definition) is 2. The van der Waals surface area contributed by atoms with Crippen molar-refractivity contribution in [3.63, 3.8) is 0 Å². The second-order valence-corrected chi connectivity index (χ2v) is 3.49. The van der Waals surface area contributed by atoms with Crippen LogP contribution < -0.4 is 11.6 Å². The zero-order valence-corrected chi connectivity index (χ0v) is 6.57. The van der Waals surface area contributed by atoms with Crippen LogP contribution in [0.2, 0.25) is 0 Å². The van der Waals surface area contributed by atoms with Crippen molar-refractivity contribution < 1.29 is 4.74 Å². The summed E-state index contributed by atoms with van der Waals surface area (Å²) in [5.41, 5.74) is 5.80. The van der Waals surface area contributed by atoms with Crippen LogP contribution in [-0.4, -0.2) is 36.3 Å². The Bertz CT molecular complexity index is 149. The number of nitrogens with zero attached hydrogens (tertiary/aromatic N) is 1. The Morgan fingerprint density at radius 1 is 1.27 bits per heavy atom. The van der Waals surface area contributed by atoms with E-state index in [0.29, 0.717) is 6.10 Å². The van der Waals surface area contributed by atoms with Gasteiger partial charge in [0.15, 0.2) is 0 Å². The van der Waals surface area contributed by atoms with Crippen LogP contribution >= 0.6 is 0 Å². The molecule has 2 unspecified atom stereocenters. The Labute approximate surface area is 66.4 Å². The fourth-order valence-electron chi connectivity index (χ4n) is 1.42. The summed E-state index contributed by atoms with van der Waals surface area (Å²) >= 11 is 0. The highest BCUT2D eigenvalue weighted by Crippen LogP contribution is 2.26. The minimum absolute atomic E-state index is 0.112. The summed E-state index contributed by atoms with van der Waals surface area (Å²) in [5.74, 6) is 5.59. The van der Waals surface area contributed by atoms with Gasteiger partial charge in [-0.1, -0.05) is 0 Å². The van der Waals surface area contributed by atoms with Crippen molar-refractivity contribution in [3.05, 3.63) is 0 Å². The molecular weight excluding hydrogens is 142 g/mol. The van der Waals surface area contributed by atoms with Gasteiger partial charge >= 0.3 is 0 Å². The first-order valence-electron chi connectivity index (χ1n) is 4.16. The first kappa shape index (κ1) is 7.49. The molecule has 0 bridgehead atoms. The first-order valence-corrected chi connectivity index (χ1v) is 4.16. The zero-order chi connectivity index (χ0) is 7.84. The molecule has 1 saturated carbocycles. The van der Waals surface area contributed by atoms with E-state index in [1.165, 1.54) is 12.8 Å². The summed E-state index contributed by atoms with van der Waals surface area (Å²) in [5, 5.41) is 1.73. The molecule has 0 aromatic carbocycles. The van der Waals surface area contributed by atoms with Gasteiger partial charge in [0.2, 0.25) is 0 Å². The van der Waals surface area contributed by atoms with Gasteiger partial charge in [0.25, 0.3) is 0 Å². The van der Waals surface area contributed by atoms with E-state index < -0.39 is 0 Å². The van der Waals surface area contributed by atoms with Gasteiger partial charge < -0.3 is 10.5 Å². The quantitative estimate of drug-likeness (QED) is 0.507. The Kier molecular flexibility index (Phi) is 1.85. The third kappa shape index (κ3) is 1.70. The topological polar surface area (TPSA) is 64.5 Å². The summed E-state index contributed by atoms with van der Waals surface area (Å²) in [7, 11) is 0. The molecule has 4 nitrogen and oxygen atoms in total. The molecule has 2 atom stereocenters. The minimum atomic E-state index is 0.112. The van der Waals surface area contributed by atoms with Crippen LogP contribution in [0, 0.1) is 0 Å². The maximum Gasteiger partial charge on any atom is 0.0883 e. The van der Waals surface area contributed by atoms with Gasteiger partial charge in [-0.25, -0.2) is 5.01 Å². The van der Waals surface area contributed by atoms with Crippen molar-refractivity contribution >= 4 is 0 Å². The summed E-state index contributed by atoms with van der Waals surface area (Å²) in [6, 6.07) is 0.112. The predicted octanol–water partition coefficient (Wildman–Crippen LogP) is -0.949. The number of hydrogen-bond acceptors (Lipinski definition) is 4. The Morgan fingerprint density at radius 2 is 2.00 bits per heavy atom. The van der Waals surface area contributed by atoms with Crippen LogP contribution in [0.4, 0.5) is 0 Å². The van der Waals surface area contributed by atoms with Gasteiger partial charge in [-0.05, 0) is 12.8 Å². The van der Waals surface area contributed by atoms with Gasteiger partial charge in [0, 0.05) is 19.1 Å². The lowest BCUT2D eigenvalue weighted by molar-refractivity contribution is 0.0381. The Morgan fingerprint density at radius 3 is 2.45 bits per heavy atom. The summed E-state index contributed by atoms with van der Waals surface area (Å²) in [6.07, 6.45) is 3.06. The molecule has 64 valence electrons. The zero-order valence-electron chi connectivity index (χ0n) is 6.57. The van der Waals surface area contributed by atoms with Crippen LogP contribution in [0.1, 0.15) is 12.8 Å². The molecule has 4 N–H and O–H groups in total. The smallest absolute Gasteiger partial charge is 0.0883 e. The molecule has 1 aliphatic carbocycles. The van der Waals surface area contributed by atoms with Crippen LogP contribution in [0.3, 0.4) is 0 Å². The molecule has 0 amide bonds. The van der Waals surface area contributed by atoms with Crippen molar-refractivity contribution in [2.75, 3.05) is 13.1 Å². The van der Waals surface area contributed by atoms with Crippen LogP contribution in [0.25, 0.3) is 0 Å². The third-order valence-electron chi connectivity index (χ3n) is 2.23. The lowest BCUT2D eigenvalue weighted by Gasteiger charge is -2.14. The van der Waals surface area contributed by atoms with Gasteiger partial charge in [0.1, 0.15) is 0 Å². The van der Waals surface area contributed by atoms with Crippen LogP contribution in [0.15, 0.2) is 0 Å². The summed E-state index contributed by atoms with van der Waals surface area (Å²) in [6.45, 7) is 1.55. The maximum absolute atomic E-state index is 5.80. The Balaban J connectivity index is 1.82. The standard InChI is InChI=1S/C7H15N3O/c8-6-3-10(9)4-7(6)11-5-1-2-5/h5-7H,1-4,8-9H2. The average molecular weight is 157 g/mol. The molecule has 0 spiro atoms. The van der Waals surface area contributed by atoms with Gasteiger partial charge in [-0.15, -0.1) is 0 Å². The van der Waals surface area contributed by atoms with Gasteiger partial charge in [-0.3, -0.25) is 5.84 Å². The molecule has 1 heterocycles. The predicted molar refractivity (Wildman–Crippen MR) is 41.6 cm³/mol. The molecule has 2 aliphatic rings. The number of nitrogens with two attached hydrogens (primary N) is 2. The van der Waals surface area contributed by atoms with E-state index in [2.05, 4.69) is 0 Å². The number of ether oxygens (including phenoxy) is 1. The largest absolute Gasteiger partial charge is 0.372 e. The summed E-state index contributed by atoms with van der Waals surface area (Å²) < 4.78 is 5.66. The lowest BCUT2D eigenvalue weighted by atomic mass is 10.2. The van der Waals surface area contributed by atoms with Crippen molar-refractivity contribution in [2.45, 2.75) is 31.1 Å². The third-order valence-corrected chi connectivity index (χ3v) is 2.23. The van der Waals surface area contributed by atoms with E-state index in [0.717, 1.165) is 13.1 Å². The Hall–Kier alpha value is -0.160. The van der Waals surface area contributed by atoms with Crippen molar-refractivity contribution in [1.29, 1.82) is 0 Å². The van der Waals surface area contributed by atoms with E-state index in [9.17, 15) is 0 Å². The lowest BCUT2D eigenvalue weighted by Crippen LogP contribution is -2.35. The van der Waals surface area contributed by atoms with E-state index in [1.54, 1.807) is 5.01 Å². The fourth-order valence-corrected chi connectivity index (χ4v) is 1.42. The molecule has 0 aromatic heterocycles. The molecule has 2 rings (SSSR count).